The zero-order valence-corrected chi connectivity index (χ0v) is 14.4. The molecule has 2 atom stereocenters. The van der Waals surface area contributed by atoms with E-state index >= 15 is 0 Å². The number of hydrogen-bond donors (Lipinski definition) is 1. The van der Waals surface area contributed by atoms with Gasteiger partial charge < -0.3 is 5.32 Å². The van der Waals surface area contributed by atoms with E-state index in [1.165, 1.54) is 12.5 Å². The molecule has 0 unspecified atom stereocenters. The number of amides is 1. The minimum absolute atomic E-state index is 0.120. The number of nitrogens with zero attached hydrogens (tertiary/aromatic N) is 2. The van der Waals surface area contributed by atoms with Gasteiger partial charge in [-0.3, -0.25) is 9.36 Å². The number of imidazole rings is 1. The minimum Gasteiger partial charge on any atom is -0.348 e. The van der Waals surface area contributed by atoms with Crippen LogP contribution in [0.1, 0.15) is 36.2 Å². The first-order valence-corrected chi connectivity index (χ1v) is 9.98. The fourth-order valence-corrected chi connectivity index (χ4v) is 4.36. The lowest BCUT2D eigenvalue weighted by atomic mass is 9.95. The van der Waals surface area contributed by atoms with Crippen LogP contribution >= 0.6 is 0 Å². The predicted octanol–water partition coefficient (Wildman–Crippen LogP) is 1.96. The van der Waals surface area contributed by atoms with Crippen molar-refractivity contribution in [2.75, 3.05) is 6.26 Å². The average Bonchev–Trinajstić information content (AvgIpc) is 3.05. The first-order valence-electron chi connectivity index (χ1n) is 8.02. The van der Waals surface area contributed by atoms with Crippen LogP contribution in [-0.2, 0) is 9.84 Å². The second-order valence-corrected chi connectivity index (χ2v) is 8.60. The number of carbonyl (C=O) groups is 1. The summed E-state index contributed by atoms with van der Waals surface area (Å²) in [6.07, 6.45) is 7.16. The number of para-hydroxylation sites is 1. The monoisotopic (exact) mass is 347 g/mol. The summed E-state index contributed by atoms with van der Waals surface area (Å²) in [5.41, 5.74) is 1.31. The Labute approximate surface area is 141 Å². The van der Waals surface area contributed by atoms with E-state index < -0.39 is 9.84 Å². The Kier molecular flexibility index (Phi) is 4.71. The Bertz CT molecular complexity index is 815. The Morgan fingerprint density at radius 3 is 2.71 bits per heavy atom. The lowest BCUT2D eigenvalue weighted by Crippen LogP contribution is -2.42. The molecule has 0 aliphatic heterocycles. The van der Waals surface area contributed by atoms with E-state index in [9.17, 15) is 13.2 Å². The smallest absolute Gasteiger partial charge is 0.270 e. The number of hydrogen-bond acceptors (Lipinski definition) is 4. The maximum atomic E-state index is 12.6. The number of rotatable bonds is 4. The summed E-state index contributed by atoms with van der Waals surface area (Å²) in [5, 5.41) is 2.60. The largest absolute Gasteiger partial charge is 0.348 e. The molecular weight excluding hydrogens is 326 g/mol. The summed E-state index contributed by atoms with van der Waals surface area (Å²) < 4.78 is 25.2. The highest BCUT2D eigenvalue weighted by Crippen LogP contribution is 2.24. The molecule has 0 radical (unpaired) electrons. The molecule has 1 saturated carbocycles. The van der Waals surface area contributed by atoms with Gasteiger partial charge >= 0.3 is 0 Å². The zero-order valence-electron chi connectivity index (χ0n) is 13.6. The van der Waals surface area contributed by atoms with Crippen molar-refractivity contribution in [2.45, 2.75) is 37.0 Å². The third-order valence-corrected chi connectivity index (χ3v) is 6.11. The third-order valence-electron chi connectivity index (χ3n) is 4.47. The summed E-state index contributed by atoms with van der Waals surface area (Å²) >= 11 is 0. The van der Waals surface area contributed by atoms with Crippen LogP contribution in [0.5, 0.6) is 0 Å². The van der Waals surface area contributed by atoms with Crippen molar-refractivity contribution in [3.05, 3.63) is 48.5 Å². The summed E-state index contributed by atoms with van der Waals surface area (Å²) in [6, 6.07) is 9.39. The van der Waals surface area contributed by atoms with E-state index in [4.69, 9.17) is 0 Å². The number of nitrogens with one attached hydrogen (secondary N) is 1. The van der Waals surface area contributed by atoms with E-state index in [1.807, 2.05) is 30.3 Å². The average molecular weight is 347 g/mol. The number of carbonyl (C=O) groups excluding carboxylic acids is 1. The Balaban J connectivity index is 1.73. The highest BCUT2D eigenvalue weighted by atomic mass is 32.2. The molecule has 0 spiro atoms. The highest BCUT2D eigenvalue weighted by molar-refractivity contribution is 7.91. The fraction of sp³-hybridized carbons (Fsp3) is 0.412. The van der Waals surface area contributed by atoms with E-state index in [-0.39, 0.29) is 17.2 Å². The number of sulfone groups is 1. The van der Waals surface area contributed by atoms with Crippen molar-refractivity contribution in [1.82, 2.24) is 14.9 Å². The maximum absolute atomic E-state index is 12.6. The molecule has 1 amide bonds. The molecule has 128 valence electrons. The third kappa shape index (κ3) is 3.67. The molecule has 1 aliphatic carbocycles. The summed E-state index contributed by atoms with van der Waals surface area (Å²) in [6.45, 7) is 0. The second-order valence-electron chi connectivity index (χ2n) is 6.27. The van der Waals surface area contributed by atoms with Crippen LogP contribution in [0.3, 0.4) is 0 Å². The lowest BCUT2D eigenvalue weighted by Gasteiger charge is -2.28. The van der Waals surface area contributed by atoms with E-state index in [1.54, 1.807) is 10.9 Å². The molecule has 0 bridgehead atoms. The summed E-state index contributed by atoms with van der Waals surface area (Å²) in [5.74, 6) is -0.226. The number of aromatic nitrogens is 2. The summed E-state index contributed by atoms with van der Waals surface area (Å²) in [4.78, 5) is 16.7. The first kappa shape index (κ1) is 16.7. The molecule has 1 fully saturated rings. The molecular formula is C17H21N3O3S. The van der Waals surface area contributed by atoms with Crippen molar-refractivity contribution in [2.24, 2.45) is 0 Å². The van der Waals surface area contributed by atoms with Gasteiger partial charge in [-0.25, -0.2) is 13.4 Å². The molecule has 1 aromatic carbocycles. The Morgan fingerprint density at radius 2 is 2.00 bits per heavy atom. The molecule has 1 N–H and O–H groups in total. The lowest BCUT2D eigenvalue weighted by molar-refractivity contribution is 0.0921. The highest BCUT2D eigenvalue weighted by Gasteiger charge is 2.30. The van der Waals surface area contributed by atoms with Gasteiger partial charge in [-0.15, -0.1) is 0 Å². The van der Waals surface area contributed by atoms with E-state index in [0.29, 0.717) is 18.5 Å². The molecule has 3 rings (SSSR count). The topological polar surface area (TPSA) is 81.1 Å². The first-order chi connectivity index (χ1) is 11.4. The van der Waals surface area contributed by atoms with Gasteiger partial charge in [0.1, 0.15) is 15.5 Å². The van der Waals surface area contributed by atoms with Gasteiger partial charge in [0.15, 0.2) is 0 Å². The summed E-state index contributed by atoms with van der Waals surface area (Å²) in [7, 11) is -3.07. The number of benzene rings is 1. The van der Waals surface area contributed by atoms with Crippen molar-refractivity contribution in [3.63, 3.8) is 0 Å². The second kappa shape index (κ2) is 6.76. The van der Waals surface area contributed by atoms with E-state index in [0.717, 1.165) is 18.5 Å². The molecule has 0 saturated heterocycles. The Hall–Kier alpha value is -2.15. The molecule has 24 heavy (non-hydrogen) atoms. The van der Waals surface area contributed by atoms with Crippen molar-refractivity contribution >= 4 is 15.7 Å². The van der Waals surface area contributed by atoms with Crippen LogP contribution < -0.4 is 5.32 Å². The van der Waals surface area contributed by atoms with Crippen molar-refractivity contribution in [3.8, 4) is 5.69 Å². The van der Waals surface area contributed by atoms with Crippen LogP contribution in [0.15, 0.2) is 42.9 Å². The van der Waals surface area contributed by atoms with E-state index in [2.05, 4.69) is 10.3 Å². The van der Waals surface area contributed by atoms with Crippen LogP contribution in [0.4, 0.5) is 0 Å². The van der Waals surface area contributed by atoms with Crippen molar-refractivity contribution < 1.29 is 13.2 Å². The van der Waals surface area contributed by atoms with Gasteiger partial charge in [-0.2, -0.15) is 0 Å². The fourth-order valence-electron chi connectivity index (χ4n) is 3.18. The van der Waals surface area contributed by atoms with Crippen LogP contribution in [-0.4, -0.2) is 41.4 Å². The van der Waals surface area contributed by atoms with Crippen molar-refractivity contribution in [1.29, 1.82) is 0 Å². The van der Waals surface area contributed by atoms with Gasteiger partial charge in [-0.05, 0) is 31.4 Å². The molecule has 2 aromatic rings. The van der Waals surface area contributed by atoms with Gasteiger partial charge in [0.2, 0.25) is 0 Å². The molecule has 1 aromatic heterocycles. The zero-order chi connectivity index (χ0) is 17.2. The van der Waals surface area contributed by atoms with Crippen LogP contribution in [0, 0.1) is 0 Å². The van der Waals surface area contributed by atoms with Gasteiger partial charge in [0.05, 0.1) is 17.8 Å². The maximum Gasteiger partial charge on any atom is 0.270 e. The Morgan fingerprint density at radius 1 is 1.25 bits per heavy atom. The quantitative estimate of drug-likeness (QED) is 0.917. The standard InChI is InChI=1S/C17H21N3O3S/c1-24(22,23)15-9-5-6-13(10-15)19-17(21)16-11-18-12-20(16)14-7-3-2-4-8-14/h2-4,7-8,11-13,15H,5-6,9-10H2,1H3,(H,19,21)/t13-,15-/m0/s1. The molecule has 1 aliphatic rings. The van der Waals surface area contributed by atoms with Crippen LogP contribution in [0.25, 0.3) is 5.69 Å². The van der Waals surface area contributed by atoms with Gasteiger partial charge in [-0.1, -0.05) is 24.6 Å². The minimum atomic E-state index is -3.07. The molecule has 7 heteroatoms. The normalized spacial score (nSPS) is 21.4. The molecule has 1 heterocycles. The van der Waals surface area contributed by atoms with Gasteiger partial charge in [0.25, 0.3) is 5.91 Å². The van der Waals surface area contributed by atoms with Crippen LogP contribution in [0.2, 0.25) is 0 Å². The van der Waals surface area contributed by atoms with Gasteiger partial charge in [0, 0.05) is 18.0 Å². The molecule has 6 nitrogen and oxygen atoms in total. The SMILES string of the molecule is CS(=O)(=O)[C@H]1CCC[C@H](NC(=O)c2cncn2-c2ccccc2)C1. The predicted molar refractivity (Wildman–Crippen MR) is 91.9 cm³/mol.